The molecule has 14 heavy (non-hydrogen) atoms. The van der Waals surface area contributed by atoms with E-state index in [1.807, 2.05) is 0 Å². The zero-order valence-corrected chi connectivity index (χ0v) is 10.2. The third kappa shape index (κ3) is 7.85. The van der Waals surface area contributed by atoms with Gasteiger partial charge in [0.05, 0.1) is 0 Å². The van der Waals surface area contributed by atoms with Gasteiger partial charge >= 0.3 is 0 Å². The fraction of sp³-hybridized carbons (Fsp3) is 0.571. The molecule has 0 saturated carbocycles. The number of hydrogen-bond acceptors (Lipinski definition) is 0. The average molecular weight is 192 g/mol. The summed E-state index contributed by atoms with van der Waals surface area (Å²) in [6, 6.07) is 0. The van der Waals surface area contributed by atoms with Crippen LogP contribution in [0.2, 0.25) is 0 Å². The molecule has 0 heterocycles. The molecule has 0 aromatic rings. The van der Waals surface area contributed by atoms with Gasteiger partial charge in [0.1, 0.15) is 0 Å². The lowest BCUT2D eigenvalue weighted by Crippen LogP contribution is -1.81. The molecule has 0 aromatic heterocycles. The summed E-state index contributed by atoms with van der Waals surface area (Å²) in [5, 5.41) is 0. The van der Waals surface area contributed by atoms with Crippen LogP contribution in [-0.2, 0) is 0 Å². The van der Waals surface area contributed by atoms with Crippen molar-refractivity contribution in [1.82, 2.24) is 0 Å². The summed E-state index contributed by atoms with van der Waals surface area (Å²) in [5.74, 6) is 0. The first kappa shape index (κ1) is 13.2. The first-order valence-electron chi connectivity index (χ1n) is 5.48. The minimum absolute atomic E-state index is 1.13. The summed E-state index contributed by atoms with van der Waals surface area (Å²) in [7, 11) is 0. The van der Waals surface area contributed by atoms with Gasteiger partial charge in [-0.1, -0.05) is 28.9 Å². The maximum Gasteiger partial charge on any atom is -0.0286 e. The first-order valence-corrected chi connectivity index (χ1v) is 5.48. The summed E-state index contributed by atoms with van der Waals surface area (Å²) in [6.45, 7) is 12.5. The predicted octanol–water partition coefficient (Wildman–Crippen LogP) is 5.04. The van der Waals surface area contributed by atoms with Gasteiger partial charge in [-0.3, -0.25) is 0 Å². The second-order valence-corrected chi connectivity index (χ2v) is 4.18. The van der Waals surface area contributed by atoms with E-state index in [2.05, 4.69) is 46.4 Å². The molecule has 0 heteroatoms. The van der Waals surface area contributed by atoms with Crippen molar-refractivity contribution in [3.63, 3.8) is 0 Å². The van der Waals surface area contributed by atoms with Crippen molar-refractivity contribution < 1.29 is 0 Å². The highest BCUT2D eigenvalue weighted by molar-refractivity contribution is 5.04. The van der Waals surface area contributed by atoms with E-state index in [0.717, 1.165) is 6.42 Å². The molecule has 0 rings (SSSR count). The molecule has 0 bridgehead atoms. The lowest BCUT2D eigenvalue weighted by molar-refractivity contribution is 0.897. The van der Waals surface area contributed by atoms with E-state index in [4.69, 9.17) is 0 Å². The lowest BCUT2D eigenvalue weighted by Gasteiger charge is -2.01. The van der Waals surface area contributed by atoms with Crippen molar-refractivity contribution in [2.24, 2.45) is 0 Å². The van der Waals surface area contributed by atoms with E-state index in [-0.39, 0.29) is 0 Å². The molecule has 0 radical (unpaired) electrons. The summed E-state index contributed by atoms with van der Waals surface area (Å²) in [6.07, 6.45) is 9.22. The molecule has 0 aliphatic rings. The lowest BCUT2D eigenvalue weighted by atomic mass is 10.1. The highest BCUT2D eigenvalue weighted by Crippen LogP contribution is 2.12. The molecule has 0 aromatic carbocycles. The van der Waals surface area contributed by atoms with Crippen LogP contribution in [0.25, 0.3) is 0 Å². The molecule has 0 aliphatic carbocycles. The normalized spacial score (nSPS) is 13.1. The second-order valence-electron chi connectivity index (χ2n) is 4.18. The van der Waals surface area contributed by atoms with Gasteiger partial charge in [-0.2, -0.15) is 0 Å². The van der Waals surface area contributed by atoms with Crippen molar-refractivity contribution in [1.29, 1.82) is 0 Å². The topological polar surface area (TPSA) is 0 Å². The number of rotatable bonds is 6. The third-order valence-electron chi connectivity index (χ3n) is 2.47. The van der Waals surface area contributed by atoms with Crippen LogP contribution < -0.4 is 0 Å². The number of hydrogen-bond donors (Lipinski definition) is 0. The molecule has 0 spiro atoms. The van der Waals surface area contributed by atoms with E-state index in [9.17, 15) is 0 Å². The van der Waals surface area contributed by atoms with Crippen molar-refractivity contribution in [2.45, 2.75) is 53.4 Å². The summed E-state index contributed by atoms with van der Waals surface area (Å²) < 4.78 is 0. The Morgan fingerprint density at radius 3 is 2.14 bits per heavy atom. The van der Waals surface area contributed by atoms with Gasteiger partial charge in [0.25, 0.3) is 0 Å². The highest BCUT2D eigenvalue weighted by atomic mass is 14.0. The first-order chi connectivity index (χ1) is 6.56. The maximum absolute atomic E-state index is 3.91. The molecule has 0 N–H and O–H groups in total. The van der Waals surface area contributed by atoms with Crippen molar-refractivity contribution in [3.05, 3.63) is 35.5 Å². The number of allylic oxidation sites excluding steroid dienone is 5. The highest BCUT2D eigenvalue weighted by Gasteiger charge is 1.92. The largest absolute Gasteiger partial charge is 0.100 e. The van der Waals surface area contributed by atoms with Crippen LogP contribution in [-0.4, -0.2) is 0 Å². The molecule has 0 amide bonds. The molecule has 80 valence electrons. The Kier molecular flexibility index (Phi) is 7.18. The smallest absolute Gasteiger partial charge is 0.0286 e. The van der Waals surface area contributed by atoms with E-state index in [1.54, 1.807) is 0 Å². The van der Waals surface area contributed by atoms with Crippen LogP contribution in [0.4, 0.5) is 0 Å². The van der Waals surface area contributed by atoms with E-state index >= 15 is 0 Å². The molecular weight excluding hydrogens is 168 g/mol. The monoisotopic (exact) mass is 192 g/mol. The van der Waals surface area contributed by atoms with Crippen LogP contribution in [0.3, 0.4) is 0 Å². The van der Waals surface area contributed by atoms with Gasteiger partial charge in [-0.25, -0.2) is 0 Å². The molecular formula is C14H24. The Balaban J connectivity index is 3.71. The molecule has 0 nitrogen and oxygen atoms in total. The molecule has 0 aliphatic heterocycles. The maximum atomic E-state index is 3.91. The summed E-state index contributed by atoms with van der Waals surface area (Å²) >= 11 is 0. The third-order valence-corrected chi connectivity index (χ3v) is 2.47. The fourth-order valence-corrected chi connectivity index (χ4v) is 1.20. The van der Waals surface area contributed by atoms with Gasteiger partial charge in [0.15, 0.2) is 0 Å². The van der Waals surface area contributed by atoms with Gasteiger partial charge in [0.2, 0.25) is 0 Å². The van der Waals surface area contributed by atoms with Gasteiger partial charge in [-0.15, -0.1) is 6.58 Å². The minimum atomic E-state index is 1.13. The van der Waals surface area contributed by atoms with Crippen LogP contribution in [0, 0.1) is 0 Å². The zero-order valence-electron chi connectivity index (χ0n) is 10.2. The summed E-state index contributed by atoms with van der Waals surface area (Å²) in [5.41, 5.74) is 4.26. The van der Waals surface area contributed by atoms with Crippen molar-refractivity contribution >= 4 is 0 Å². The summed E-state index contributed by atoms with van der Waals surface area (Å²) in [4.78, 5) is 0. The fourth-order valence-electron chi connectivity index (χ4n) is 1.20. The molecule has 0 fully saturated rings. The molecule has 0 saturated heterocycles. The molecule has 0 unspecified atom stereocenters. The van der Waals surface area contributed by atoms with Crippen molar-refractivity contribution in [3.8, 4) is 0 Å². The quantitative estimate of drug-likeness (QED) is 0.517. The van der Waals surface area contributed by atoms with Gasteiger partial charge in [-0.05, 0) is 53.4 Å². The minimum Gasteiger partial charge on any atom is -0.100 e. The van der Waals surface area contributed by atoms with Crippen LogP contribution in [0.15, 0.2) is 35.5 Å². The standard InChI is InChI=1S/C14H24/c1-6-13(4)8-7-9-14(5)11-10-12(2)3/h6,9H,2,7-8,10-11H2,1,3-5H3/b13-6+,14-9+. The Hall–Kier alpha value is -0.780. The zero-order chi connectivity index (χ0) is 11.0. The van der Waals surface area contributed by atoms with E-state index < -0.39 is 0 Å². The van der Waals surface area contributed by atoms with Gasteiger partial charge in [0, 0.05) is 0 Å². The Labute approximate surface area is 89.4 Å². The second kappa shape index (κ2) is 7.61. The van der Waals surface area contributed by atoms with Gasteiger partial charge < -0.3 is 0 Å². The van der Waals surface area contributed by atoms with Crippen LogP contribution in [0.1, 0.15) is 53.4 Å². The Bertz CT molecular complexity index is 228. The average Bonchev–Trinajstić information content (AvgIpc) is 2.14. The van der Waals surface area contributed by atoms with Crippen LogP contribution >= 0.6 is 0 Å². The SMILES string of the molecule is C=C(C)CC/C(C)=C/CC/C(C)=C/C. The van der Waals surface area contributed by atoms with Crippen LogP contribution in [0.5, 0.6) is 0 Å². The predicted molar refractivity (Wildman–Crippen MR) is 66.5 cm³/mol. The van der Waals surface area contributed by atoms with E-state index in [1.165, 1.54) is 36.0 Å². The van der Waals surface area contributed by atoms with E-state index in [0.29, 0.717) is 0 Å². The Morgan fingerprint density at radius 1 is 1.00 bits per heavy atom. The molecule has 0 atom stereocenters. The van der Waals surface area contributed by atoms with Crippen molar-refractivity contribution in [2.75, 3.05) is 0 Å². The Morgan fingerprint density at radius 2 is 1.64 bits per heavy atom.